The minimum Gasteiger partial charge on any atom is -0.347 e. The van der Waals surface area contributed by atoms with Crippen molar-refractivity contribution < 1.29 is 9.59 Å². The fourth-order valence-corrected chi connectivity index (χ4v) is 2.66. The van der Waals surface area contributed by atoms with Gasteiger partial charge in [0.05, 0.1) is 23.6 Å². The van der Waals surface area contributed by atoms with Crippen molar-refractivity contribution in [2.75, 3.05) is 32.5 Å². The van der Waals surface area contributed by atoms with E-state index in [4.69, 9.17) is 11.6 Å². The Bertz CT molecular complexity index is 801. The number of aromatic nitrogens is 2. The Balaban J connectivity index is 2.06. The van der Waals surface area contributed by atoms with Gasteiger partial charge in [0.1, 0.15) is 0 Å². The molecule has 140 valence electrons. The van der Waals surface area contributed by atoms with Gasteiger partial charge < -0.3 is 15.5 Å². The summed E-state index contributed by atoms with van der Waals surface area (Å²) >= 11 is 6.20. The quantitative estimate of drug-likeness (QED) is 0.752. The van der Waals surface area contributed by atoms with Crippen LogP contribution in [0.15, 0.2) is 24.3 Å². The monoisotopic (exact) mass is 377 g/mol. The van der Waals surface area contributed by atoms with Gasteiger partial charge in [-0.25, -0.2) is 0 Å². The fraction of sp³-hybridized carbons (Fsp3) is 0.389. The van der Waals surface area contributed by atoms with Crippen LogP contribution in [-0.2, 0) is 16.1 Å². The van der Waals surface area contributed by atoms with E-state index in [1.54, 1.807) is 11.6 Å². The highest BCUT2D eigenvalue weighted by molar-refractivity contribution is 6.39. The third-order valence-electron chi connectivity index (χ3n) is 3.95. The van der Waals surface area contributed by atoms with Crippen molar-refractivity contribution in [3.05, 3.63) is 46.2 Å². The van der Waals surface area contributed by atoms with E-state index in [0.29, 0.717) is 36.0 Å². The maximum absolute atomic E-state index is 12.1. The molecule has 2 rings (SSSR count). The Morgan fingerprint density at radius 2 is 1.88 bits per heavy atom. The first-order valence-electron chi connectivity index (χ1n) is 8.31. The predicted molar refractivity (Wildman–Crippen MR) is 102 cm³/mol. The number of carbonyl (C=O) groups excluding carboxylic acids is 2. The number of amides is 2. The predicted octanol–water partition coefficient (Wildman–Crippen LogP) is 1.82. The molecule has 26 heavy (non-hydrogen) atoms. The van der Waals surface area contributed by atoms with Crippen LogP contribution in [0.1, 0.15) is 17.0 Å². The lowest BCUT2D eigenvalue weighted by atomic mass is 10.2. The number of halogens is 1. The molecule has 0 aliphatic rings. The third-order valence-corrected chi connectivity index (χ3v) is 4.32. The lowest BCUT2D eigenvalue weighted by Crippen LogP contribution is -2.38. The first-order chi connectivity index (χ1) is 12.3. The number of benzene rings is 1. The smallest absolute Gasteiger partial charge is 0.313 e. The number of hydrogen-bond acceptors (Lipinski definition) is 4. The van der Waals surface area contributed by atoms with Crippen molar-refractivity contribution in [1.82, 2.24) is 20.0 Å². The van der Waals surface area contributed by atoms with E-state index in [0.717, 1.165) is 11.3 Å². The molecule has 2 N–H and O–H groups in total. The minimum absolute atomic E-state index is 0.406. The SMILES string of the molecule is Cc1nn(Cc2ccccc2Cl)c(C)c1NC(=O)C(=O)NCCN(C)C. The zero-order valence-electron chi connectivity index (χ0n) is 15.5. The van der Waals surface area contributed by atoms with Gasteiger partial charge in [0.2, 0.25) is 0 Å². The largest absolute Gasteiger partial charge is 0.347 e. The minimum atomic E-state index is -0.702. The zero-order valence-corrected chi connectivity index (χ0v) is 16.2. The number of likely N-dealkylation sites (N-methyl/N-ethyl adjacent to an activating group) is 1. The second-order valence-corrected chi connectivity index (χ2v) is 6.72. The number of rotatable bonds is 6. The number of nitrogens with zero attached hydrogens (tertiary/aromatic N) is 3. The molecule has 1 aromatic heterocycles. The van der Waals surface area contributed by atoms with Gasteiger partial charge in [-0.15, -0.1) is 0 Å². The summed E-state index contributed by atoms with van der Waals surface area (Å²) in [4.78, 5) is 25.9. The molecule has 8 heteroatoms. The molecule has 2 amide bonds. The Labute approximate surface area is 158 Å². The van der Waals surface area contributed by atoms with Crippen molar-refractivity contribution in [2.45, 2.75) is 20.4 Å². The van der Waals surface area contributed by atoms with Crippen molar-refractivity contribution in [3.63, 3.8) is 0 Å². The maximum Gasteiger partial charge on any atom is 0.313 e. The summed E-state index contributed by atoms with van der Waals surface area (Å²) in [5, 5.41) is 10.4. The molecule has 0 bridgehead atoms. The second-order valence-electron chi connectivity index (χ2n) is 6.31. The zero-order chi connectivity index (χ0) is 19.3. The maximum atomic E-state index is 12.1. The van der Waals surface area contributed by atoms with Crippen molar-refractivity contribution in [2.24, 2.45) is 0 Å². The number of aryl methyl sites for hydroxylation is 1. The molecule has 0 aliphatic heterocycles. The van der Waals surface area contributed by atoms with Crippen LogP contribution in [0.2, 0.25) is 5.02 Å². The van der Waals surface area contributed by atoms with Crippen LogP contribution in [0.3, 0.4) is 0 Å². The summed E-state index contributed by atoms with van der Waals surface area (Å²) in [6, 6.07) is 7.53. The average Bonchev–Trinajstić information content (AvgIpc) is 2.84. The van der Waals surface area contributed by atoms with Gasteiger partial charge in [0, 0.05) is 18.1 Å². The van der Waals surface area contributed by atoms with E-state index in [9.17, 15) is 9.59 Å². The van der Waals surface area contributed by atoms with Gasteiger partial charge in [-0.1, -0.05) is 29.8 Å². The summed E-state index contributed by atoms with van der Waals surface area (Å²) in [6.45, 7) is 5.18. The molecule has 0 unspecified atom stereocenters. The van der Waals surface area contributed by atoms with E-state index in [1.165, 1.54) is 0 Å². The number of hydrogen-bond donors (Lipinski definition) is 2. The standard InChI is InChI=1S/C18H24ClN5O2/c1-12-16(21-18(26)17(25)20-9-10-23(3)4)13(2)24(22-12)11-14-7-5-6-8-15(14)19/h5-8H,9-11H2,1-4H3,(H,20,25)(H,21,26). The molecule has 0 saturated carbocycles. The van der Waals surface area contributed by atoms with E-state index in [1.807, 2.05) is 50.2 Å². The van der Waals surface area contributed by atoms with Gasteiger partial charge in [0.25, 0.3) is 0 Å². The Hall–Kier alpha value is -2.38. The van der Waals surface area contributed by atoms with Crippen LogP contribution in [0, 0.1) is 13.8 Å². The fourth-order valence-electron chi connectivity index (χ4n) is 2.46. The van der Waals surface area contributed by atoms with E-state index in [2.05, 4.69) is 15.7 Å². The van der Waals surface area contributed by atoms with E-state index < -0.39 is 11.8 Å². The van der Waals surface area contributed by atoms with Crippen LogP contribution in [0.4, 0.5) is 5.69 Å². The van der Waals surface area contributed by atoms with Crippen molar-refractivity contribution >= 4 is 29.1 Å². The van der Waals surface area contributed by atoms with Gasteiger partial charge in [0.15, 0.2) is 0 Å². The molecular formula is C18H24ClN5O2. The first-order valence-corrected chi connectivity index (χ1v) is 8.68. The van der Waals surface area contributed by atoms with Crippen molar-refractivity contribution in [1.29, 1.82) is 0 Å². The molecule has 7 nitrogen and oxygen atoms in total. The third kappa shape index (κ3) is 5.06. The van der Waals surface area contributed by atoms with Crippen LogP contribution in [-0.4, -0.2) is 53.7 Å². The van der Waals surface area contributed by atoms with E-state index >= 15 is 0 Å². The molecular weight excluding hydrogens is 354 g/mol. The number of anilines is 1. The normalized spacial score (nSPS) is 10.8. The molecule has 1 heterocycles. The Morgan fingerprint density at radius 1 is 1.19 bits per heavy atom. The lowest BCUT2D eigenvalue weighted by Gasteiger charge is -2.11. The number of nitrogens with one attached hydrogen (secondary N) is 2. The molecule has 2 aromatic rings. The summed E-state index contributed by atoms with van der Waals surface area (Å²) in [5.41, 5.74) is 2.88. The second kappa shape index (κ2) is 8.82. The Kier molecular flexibility index (Phi) is 6.76. The first kappa shape index (κ1) is 19.9. The molecule has 0 saturated heterocycles. The van der Waals surface area contributed by atoms with Gasteiger partial charge in [-0.05, 0) is 39.6 Å². The molecule has 0 radical (unpaired) electrons. The van der Waals surface area contributed by atoms with Gasteiger partial charge in [-0.3, -0.25) is 14.3 Å². The van der Waals surface area contributed by atoms with Gasteiger partial charge in [-0.2, -0.15) is 5.10 Å². The summed E-state index contributed by atoms with van der Waals surface area (Å²) < 4.78 is 1.76. The van der Waals surface area contributed by atoms with E-state index in [-0.39, 0.29) is 0 Å². The summed E-state index contributed by atoms with van der Waals surface area (Å²) in [6.07, 6.45) is 0. The molecule has 0 fully saturated rings. The highest BCUT2D eigenvalue weighted by Crippen LogP contribution is 2.22. The summed E-state index contributed by atoms with van der Waals surface area (Å²) in [5.74, 6) is -1.36. The van der Waals surface area contributed by atoms with Crippen LogP contribution < -0.4 is 10.6 Å². The lowest BCUT2D eigenvalue weighted by molar-refractivity contribution is -0.136. The molecule has 1 aromatic carbocycles. The van der Waals surface area contributed by atoms with Crippen LogP contribution in [0.25, 0.3) is 0 Å². The molecule has 0 aliphatic carbocycles. The highest BCUT2D eigenvalue weighted by atomic mass is 35.5. The average molecular weight is 378 g/mol. The molecule has 0 atom stereocenters. The molecule has 0 spiro atoms. The highest BCUT2D eigenvalue weighted by Gasteiger charge is 2.19. The van der Waals surface area contributed by atoms with Gasteiger partial charge >= 0.3 is 11.8 Å². The van der Waals surface area contributed by atoms with Crippen LogP contribution in [0.5, 0.6) is 0 Å². The Morgan fingerprint density at radius 3 is 2.54 bits per heavy atom. The van der Waals surface area contributed by atoms with Crippen molar-refractivity contribution in [3.8, 4) is 0 Å². The summed E-state index contributed by atoms with van der Waals surface area (Å²) in [7, 11) is 3.79. The van der Waals surface area contributed by atoms with Crippen LogP contribution >= 0.6 is 11.6 Å². The number of carbonyl (C=O) groups is 2. The topological polar surface area (TPSA) is 79.3 Å².